The summed E-state index contributed by atoms with van der Waals surface area (Å²) in [5.74, 6) is 2.42. The van der Waals surface area contributed by atoms with E-state index in [-0.39, 0.29) is 24.0 Å². The number of hydrogen-bond acceptors (Lipinski definition) is 4. The van der Waals surface area contributed by atoms with Crippen molar-refractivity contribution >= 4 is 35.6 Å². The van der Waals surface area contributed by atoms with Crippen LogP contribution in [0.2, 0.25) is 0 Å². The molecule has 6 nitrogen and oxygen atoms in total. The van der Waals surface area contributed by atoms with Gasteiger partial charge in [0.25, 0.3) is 0 Å². The molecule has 7 heteroatoms. The molecule has 28 heavy (non-hydrogen) atoms. The van der Waals surface area contributed by atoms with Crippen LogP contribution in [0.4, 0.5) is 5.69 Å². The van der Waals surface area contributed by atoms with E-state index in [9.17, 15) is 0 Å². The summed E-state index contributed by atoms with van der Waals surface area (Å²) in [6.45, 7) is 4.70. The van der Waals surface area contributed by atoms with Crippen molar-refractivity contribution in [2.45, 2.75) is 13.5 Å². The van der Waals surface area contributed by atoms with Crippen molar-refractivity contribution in [1.82, 2.24) is 10.6 Å². The second kappa shape index (κ2) is 13.1. The van der Waals surface area contributed by atoms with Gasteiger partial charge in [-0.1, -0.05) is 12.1 Å². The van der Waals surface area contributed by atoms with E-state index in [4.69, 9.17) is 9.47 Å². The van der Waals surface area contributed by atoms with Gasteiger partial charge in [0, 0.05) is 26.3 Å². The molecule has 2 rings (SSSR count). The first-order valence-electron chi connectivity index (χ1n) is 9.17. The first-order valence-corrected chi connectivity index (χ1v) is 9.17. The number of aliphatic imine (C=N–C) groups is 1. The van der Waals surface area contributed by atoms with Crippen molar-refractivity contribution in [2.24, 2.45) is 4.99 Å². The number of rotatable bonds is 9. The Labute approximate surface area is 185 Å². The first-order chi connectivity index (χ1) is 13.1. The van der Waals surface area contributed by atoms with Crippen molar-refractivity contribution in [1.29, 1.82) is 0 Å². The van der Waals surface area contributed by atoms with Gasteiger partial charge in [-0.2, -0.15) is 0 Å². The highest BCUT2D eigenvalue weighted by Gasteiger charge is 2.00. The maximum Gasteiger partial charge on any atom is 0.191 e. The maximum atomic E-state index is 5.73. The molecule has 0 aliphatic heterocycles. The molecular weight excluding hydrogens is 467 g/mol. The van der Waals surface area contributed by atoms with Crippen LogP contribution in [0.3, 0.4) is 0 Å². The second-order valence-electron chi connectivity index (χ2n) is 6.21. The fraction of sp³-hybridized carbons (Fsp3) is 0.381. The molecule has 0 spiro atoms. The predicted molar refractivity (Wildman–Crippen MR) is 127 cm³/mol. The number of ether oxygens (including phenoxy) is 2. The minimum Gasteiger partial charge on any atom is -0.497 e. The molecule has 2 aromatic carbocycles. The van der Waals surface area contributed by atoms with Gasteiger partial charge < -0.3 is 25.0 Å². The maximum absolute atomic E-state index is 5.73. The van der Waals surface area contributed by atoms with E-state index < -0.39 is 0 Å². The molecule has 0 unspecified atom stereocenters. The van der Waals surface area contributed by atoms with E-state index in [0.29, 0.717) is 19.7 Å². The third-order valence-corrected chi connectivity index (χ3v) is 3.94. The number of nitrogens with zero attached hydrogens (tertiary/aromatic N) is 2. The van der Waals surface area contributed by atoms with Gasteiger partial charge in [0.15, 0.2) is 5.96 Å². The third-order valence-electron chi connectivity index (χ3n) is 3.94. The SMILES string of the molecule is CCNC(=NCc1ccc(N(C)C)cc1)NCCOc1ccc(OC)cc1.I. The molecule has 0 saturated carbocycles. The molecule has 154 valence electrons. The Hall–Kier alpha value is -2.16. The molecule has 0 radical (unpaired) electrons. The van der Waals surface area contributed by atoms with E-state index in [1.807, 2.05) is 38.4 Å². The van der Waals surface area contributed by atoms with E-state index in [0.717, 1.165) is 24.0 Å². The summed E-state index contributed by atoms with van der Waals surface area (Å²) in [5, 5.41) is 6.55. The molecule has 0 aliphatic carbocycles. The first kappa shape index (κ1) is 23.9. The van der Waals surface area contributed by atoms with Gasteiger partial charge in [-0.15, -0.1) is 24.0 Å². The number of hydrogen-bond donors (Lipinski definition) is 2. The summed E-state index contributed by atoms with van der Waals surface area (Å²) in [4.78, 5) is 6.72. The fourth-order valence-electron chi connectivity index (χ4n) is 2.42. The number of anilines is 1. The lowest BCUT2D eigenvalue weighted by Gasteiger charge is -2.13. The van der Waals surface area contributed by atoms with Gasteiger partial charge >= 0.3 is 0 Å². The van der Waals surface area contributed by atoms with E-state index in [2.05, 4.69) is 51.7 Å². The van der Waals surface area contributed by atoms with Crippen LogP contribution >= 0.6 is 24.0 Å². The van der Waals surface area contributed by atoms with Crippen LogP contribution in [-0.2, 0) is 6.54 Å². The summed E-state index contributed by atoms with van der Waals surface area (Å²) in [6, 6.07) is 16.0. The number of methoxy groups -OCH3 is 1. The zero-order valence-electron chi connectivity index (χ0n) is 17.1. The van der Waals surface area contributed by atoms with Crippen LogP contribution in [-0.4, -0.2) is 46.9 Å². The van der Waals surface area contributed by atoms with Crippen molar-refractivity contribution < 1.29 is 9.47 Å². The largest absolute Gasteiger partial charge is 0.497 e. The van der Waals surface area contributed by atoms with Gasteiger partial charge in [-0.05, 0) is 48.9 Å². The van der Waals surface area contributed by atoms with Crippen molar-refractivity contribution in [3.8, 4) is 11.5 Å². The van der Waals surface area contributed by atoms with Gasteiger partial charge in [-0.25, -0.2) is 4.99 Å². The highest BCUT2D eigenvalue weighted by molar-refractivity contribution is 14.0. The van der Waals surface area contributed by atoms with E-state index >= 15 is 0 Å². The zero-order chi connectivity index (χ0) is 19.5. The van der Waals surface area contributed by atoms with Crippen LogP contribution in [0.5, 0.6) is 11.5 Å². The minimum atomic E-state index is 0. The molecule has 0 fully saturated rings. The monoisotopic (exact) mass is 498 g/mol. The van der Waals surface area contributed by atoms with Crippen LogP contribution in [0.15, 0.2) is 53.5 Å². The molecule has 0 heterocycles. The lowest BCUT2D eigenvalue weighted by molar-refractivity contribution is 0.321. The Morgan fingerprint density at radius 2 is 1.61 bits per heavy atom. The topological polar surface area (TPSA) is 58.1 Å². The van der Waals surface area contributed by atoms with Gasteiger partial charge in [0.1, 0.15) is 18.1 Å². The normalized spacial score (nSPS) is 10.6. The van der Waals surface area contributed by atoms with Gasteiger partial charge in [0.05, 0.1) is 20.2 Å². The highest BCUT2D eigenvalue weighted by atomic mass is 127. The van der Waals surface area contributed by atoms with E-state index in [1.54, 1.807) is 7.11 Å². The van der Waals surface area contributed by atoms with Crippen molar-refractivity contribution in [2.75, 3.05) is 45.8 Å². The number of guanidine groups is 1. The molecule has 0 aliphatic rings. The fourth-order valence-corrected chi connectivity index (χ4v) is 2.42. The zero-order valence-corrected chi connectivity index (χ0v) is 19.4. The lowest BCUT2D eigenvalue weighted by Crippen LogP contribution is -2.39. The summed E-state index contributed by atoms with van der Waals surface area (Å²) in [5.41, 5.74) is 2.36. The smallest absolute Gasteiger partial charge is 0.191 e. The van der Waals surface area contributed by atoms with Crippen molar-refractivity contribution in [3.05, 3.63) is 54.1 Å². The summed E-state index contributed by atoms with van der Waals surface area (Å²) in [7, 11) is 5.72. The third kappa shape index (κ3) is 8.24. The molecule has 0 atom stereocenters. The Bertz CT molecular complexity index is 703. The molecule has 2 aromatic rings. The van der Waals surface area contributed by atoms with Crippen LogP contribution in [0.1, 0.15) is 12.5 Å². The quantitative estimate of drug-likeness (QED) is 0.240. The molecule has 2 N–H and O–H groups in total. The summed E-state index contributed by atoms with van der Waals surface area (Å²) >= 11 is 0. The number of halogens is 1. The van der Waals surface area contributed by atoms with Crippen LogP contribution < -0.4 is 25.0 Å². The Morgan fingerprint density at radius 1 is 0.964 bits per heavy atom. The molecule has 0 amide bonds. The Balaban J connectivity index is 0.00000392. The minimum absolute atomic E-state index is 0. The molecule has 0 saturated heterocycles. The standard InChI is InChI=1S/C21H30N4O2.HI/c1-5-22-21(24-16-17-6-8-18(9-7-17)25(2)3)23-14-15-27-20-12-10-19(26-4)11-13-20;/h6-13H,5,14-16H2,1-4H3,(H2,22,23,24);1H. The number of nitrogens with one attached hydrogen (secondary N) is 2. The predicted octanol–water partition coefficient (Wildman–Crippen LogP) is 3.51. The van der Waals surface area contributed by atoms with Gasteiger partial charge in [-0.3, -0.25) is 0 Å². The number of benzene rings is 2. The summed E-state index contributed by atoms with van der Waals surface area (Å²) in [6.07, 6.45) is 0. The molecule has 0 aromatic heterocycles. The van der Waals surface area contributed by atoms with Crippen LogP contribution in [0, 0.1) is 0 Å². The Kier molecular flexibility index (Phi) is 11.2. The molecule has 0 bridgehead atoms. The van der Waals surface area contributed by atoms with Crippen LogP contribution in [0.25, 0.3) is 0 Å². The van der Waals surface area contributed by atoms with E-state index in [1.165, 1.54) is 11.3 Å². The summed E-state index contributed by atoms with van der Waals surface area (Å²) < 4.78 is 10.9. The average Bonchev–Trinajstić information content (AvgIpc) is 2.70. The highest BCUT2D eigenvalue weighted by Crippen LogP contribution is 2.16. The second-order valence-corrected chi connectivity index (χ2v) is 6.21. The van der Waals surface area contributed by atoms with Crippen molar-refractivity contribution in [3.63, 3.8) is 0 Å². The average molecular weight is 498 g/mol. The molecular formula is C21H31IN4O2. The lowest BCUT2D eigenvalue weighted by atomic mass is 10.2. The Morgan fingerprint density at radius 3 is 2.18 bits per heavy atom. The van der Waals surface area contributed by atoms with Gasteiger partial charge in [0.2, 0.25) is 0 Å².